The standard InChI is InChI=1S/C29H29N3O4/c1-18(2)19-11-13-21(14-12-19)30-32-25(27(34)20-7-6-10-23(33)17-20)16-15-24-26(32)29(36)31(28(24)35)22-8-4-3-5-9-22/h3-18,24-27,30,33-34H,1-2H3. The summed E-state index contributed by atoms with van der Waals surface area (Å²) >= 11 is 0. The minimum absolute atomic E-state index is 0.0374. The van der Waals surface area contributed by atoms with Gasteiger partial charge in [-0.15, -0.1) is 0 Å². The number of carbonyl (C=O) groups is 2. The van der Waals surface area contributed by atoms with Gasteiger partial charge in [0, 0.05) is 5.69 Å². The molecule has 7 nitrogen and oxygen atoms in total. The number of rotatable bonds is 6. The highest BCUT2D eigenvalue weighted by Crippen LogP contribution is 2.38. The Morgan fingerprint density at radius 2 is 1.56 bits per heavy atom. The lowest BCUT2D eigenvalue weighted by molar-refractivity contribution is -0.123. The average Bonchev–Trinajstić information content (AvgIpc) is 3.14. The number of anilines is 2. The Morgan fingerprint density at radius 3 is 2.22 bits per heavy atom. The van der Waals surface area contributed by atoms with Crippen LogP contribution >= 0.6 is 0 Å². The molecule has 3 aromatic rings. The van der Waals surface area contributed by atoms with Crippen molar-refractivity contribution in [2.24, 2.45) is 5.92 Å². The van der Waals surface area contributed by atoms with Gasteiger partial charge in [-0.05, 0) is 53.4 Å². The summed E-state index contributed by atoms with van der Waals surface area (Å²) in [7, 11) is 0. The van der Waals surface area contributed by atoms with E-state index in [9.17, 15) is 19.8 Å². The zero-order valence-electron chi connectivity index (χ0n) is 20.2. The van der Waals surface area contributed by atoms with Crippen LogP contribution in [0.25, 0.3) is 0 Å². The van der Waals surface area contributed by atoms with Gasteiger partial charge in [-0.25, -0.2) is 9.91 Å². The van der Waals surface area contributed by atoms with Crippen molar-refractivity contribution in [1.29, 1.82) is 0 Å². The summed E-state index contributed by atoms with van der Waals surface area (Å²) in [6, 6.07) is 21.6. The molecule has 184 valence electrons. The maximum Gasteiger partial charge on any atom is 0.254 e. The number of nitrogens with one attached hydrogen (secondary N) is 1. The fourth-order valence-corrected chi connectivity index (χ4v) is 4.90. The first-order valence-corrected chi connectivity index (χ1v) is 12.1. The van der Waals surface area contributed by atoms with Crippen LogP contribution in [0.4, 0.5) is 11.4 Å². The topological polar surface area (TPSA) is 93.1 Å². The van der Waals surface area contributed by atoms with Crippen LogP contribution in [-0.2, 0) is 9.59 Å². The molecule has 1 saturated heterocycles. The molecule has 0 saturated carbocycles. The number of fused-ring (bicyclic) bond motifs is 1. The molecule has 2 aliphatic rings. The van der Waals surface area contributed by atoms with Gasteiger partial charge in [-0.2, -0.15) is 0 Å². The minimum Gasteiger partial charge on any atom is -0.508 e. The van der Waals surface area contributed by atoms with E-state index in [0.29, 0.717) is 17.2 Å². The molecule has 4 unspecified atom stereocenters. The van der Waals surface area contributed by atoms with E-state index in [0.717, 1.165) is 5.69 Å². The van der Waals surface area contributed by atoms with E-state index in [1.165, 1.54) is 22.6 Å². The summed E-state index contributed by atoms with van der Waals surface area (Å²) in [6.07, 6.45) is 2.40. The largest absolute Gasteiger partial charge is 0.508 e. The van der Waals surface area contributed by atoms with Crippen LogP contribution in [0.5, 0.6) is 5.75 Å². The van der Waals surface area contributed by atoms with Crippen LogP contribution in [0.2, 0.25) is 0 Å². The molecule has 0 aliphatic carbocycles. The summed E-state index contributed by atoms with van der Waals surface area (Å²) in [6.45, 7) is 4.23. The first kappa shape index (κ1) is 23.8. The van der Waals surface area contributed by atoms with Crippen molar-refractivity contribution in [3.05, 3.63) is 102 Å². The number of hydrogen-bond acceptors (Lipinski definition) is 6. The van der Waals surface area contributed by atoms with Gasteiger partial charge >= 0.3 is 0 Å². The number of aliphatic hydroxyl groups excluding tert-OH is 1. The monoisotopic (exact) mass is 483 g/mol. The molecule has 0 bridgehead atoms. The van der Waals surface area contributed by atoms with E-state index in [4.69, 9.17) is 0 Å². The molecular formula is C29H29N3O4. The van der Waals surface area contributed by atoms with Crippen molar-refractivity contribution in [2.75, 3.05) is 10.3 Å². The Kier molecular flexibility index (Phi) is 6.35. The van der Waals surface area contributed by atoms with E-state index in [-0.39, 0.29) is 17.6 Å². The predicted octanol–water partition coefficient (Wildman–Crippen LogP) is 4.37. The molecule has 36 heavy (non-hydrogen) atoms. The Labute approximate surface area is 210 Å². The number of amides is 2. The van der Waals surface area contributed by atoms with Gasteiger partial charge in [-0.3, -0.25) is 9.59 Å². The predicted molar refractivity (Wildman–Crippen MR) is 138 cm³/mol. The molecule has 7 heteroatoms. The van der Waals surface area contributed by atoms with Gasteiger partial charge in [0.2, 0.25) is 5.91 Å². The molecule has 4 atom stereocenters. The molecule has 0 radical (unpaired) electrons. The second-order valence-corrected chi connectivity index (χ2v) is 9.53. The number of phenolic OH excluding ortho intramolecular Hbond substituents is 1. The normalized spacial score (nSPS) is 22.7. The maximum absolute atomic E-state index is 13.7. The number of phenols is 1. The van der Waals surface area contributed by atoms with E-state index in [2.05, 4.69) is 19.3 Å². The van der Waals surface area contributed by atoms with Crippen LogP contribution in [0.3, 0.4) is 0 Å². The smallest absolute Gasteiger partial charge is 0.254 e. The molecule has 5 rings (SSSR count). The van der Waals surface area contributed by atoms with Crippen molar-refractivity contribution in [3.63, 3.8) is 0 Å². The first-order chi connectivity index (χ1) is 17.3. The SMILES string of the molecule is CC(C)c1ccc(NN2C(C(O)c3cccc(O)c3)C=CC3C(=O)N(c4ccccc4)C(=O)C32)cc1. The van der Waals surface area contributed by atoms with Crippen LogP contribution in [0.15, 0.2) is 91.0 Å². The number of aromatic hydroxyl groups is 1. The number of imide groups is 1. The number of benzene rings is 3. The number of para-hydroxylation sites is 1. The lowest BCUT2D eigenvalue weighted by Gasteiger charge is -2.40. The van der Waals surface area contributed by atoms with E-state index in [1.807, 2.05) is 30.3 Å². The highest BCUT2D eigenvalue weighted by atomic mass is 16.3. The summed E-state index contributed by atoms with van der Waals surface area (Å²) < 4.78 is 0. The third-order valence-corrected chi connectivity index (χ3v) is 6.84. The highest BCUT2D eigenvalue weighted by Gasteiger charge is 2.54. The summed E-state index contributed by atoms with van der Waals surface area (Å²) in [5.41, 5.74) is 6.25. The second kappa shape index (κ2) is 9.60. The minimum atomic E-state index is -1.06. The lowest BCUT2D eigenvalue weighted by atomic mass is 9.90. The van der Waals surface area contributed by atoms with Crippen LogP contribution in [0, 0.1) is 5.92 Å². The van der Waals surface area contributed by atoms with Gasteiger partial charge in [0.15, 0.2) is 0 Å². The van der Waals surface area contributed by atoms with E-state index >= 15 is 0 Å². The molecule has 0 spiro atoms. The Hall–Kier alpha value is -3.94. The van der Waals surface area contributed by atoms with Crippen LogP contribution in [0.1, 0.15) is 37.0 Å². The van der Waals surface area contributed by atoms with Gasteiger partial charge in [-0.1, -0.05) is 68.5 Å². The van der Waals surface area contributed by atoms with Gasteiger partial charge < -0.3 is 15.6 Å². The third-order valence-electron chi connectivity index (χ3n) is 6.84. The average molecular weight is 484 g/mol. The lowest BCUT2D eigenvalue weighted by Crippen LogP contribution is -2.55. The van der Waals surface area contributed by atoms with Crippen molar-refractivity contribution in [2.45, 2.75) is 38.0 Å². The van der Waals surface area contributed by atoms with Crippen LogP contribution < -0.4 is 10.3 Å². The summed E-state index contributed by atoms with van der Waals surface area (Å²) in [5, 5.41) is 23.0. The van der Waals surface area contributed by atoms with Crippen LogP contribution in [-0.4, -0.2) is 39.1 Å². The fourth-order valence-electron chi connectivity index (χ4n) is 4.90. The van der Waals surface area contributed by atoms with E-state index in [1.54, 1.807) is 53.6 Å². The molecule has 2 amide bonds. The Bertz CT molecular complexity index is 1290. The molecule has 3 aromatic carbocycles. The first-order valence-electron chi connectivity index (χ1n) is 12.1. The second-order valence-electron chi connectivity index (χ2n) is 9.53. The van der Waals surface area contributed by atoms with Gasteiger partial charge in [0.05, 0.1) is 17.6 Å². The Morgan fingerprint density at radius 1 is 0.833 bits per heavy atom. The van der Waals surface area contributed by atoms with Gasteiger partial charge in [0.25, 0.3) is 5.91 Å². The quantitative estimate of drug-likeness (QED) is 0.356. The Balaban J connectivity index is 1.53. The number of hydrogen-bond donors (Lipinski definition) is 3. The molecule has 1 fully saturated rings. The van der Waals surface area contributed by atoms with Crippen molar-refractivity contribution in [1.82, 2.24) is 5.01 Å². The number of nitrogens with zero attached hydrogens (tertiary/aromatic N) is 2. The molecule has 3 N–H and O–H groups in total. The zero-order chi connectivity index (χ0) is 25.4. The molecule has 2 heterocycles. The third kappa shape index (κ3) is 4.27. The van der Waals surface area contributed by atoms with Gasteiger partial charge in [0.1, 0.15) is 17.9 Å². The fraction of sp³-hybridized carbons (Fsp3) is 0.241. The van der Waals surface area contributed by atoms with E-state index < -0.39 is 24.1 Å². The molecule has 2 aliphatic heterocycles. The number of hydrazine groups is 1. The van der Waals surface area contributed by atoms with Crippen molar-refractivity contribution >= 4 is 23.2 Å². The number of aliphatic hydroxyl groups is 1. The van der Waals surface area contributed by atoms with Crippen molar-refractivity contribution in [3.8, 4) is 5.75 Å². The van der Waals surface area contributed by atoms with Crippen molar-refractivity contribution < 1.29 is 19.8 Å². The highest BCUT2D eigenvalue weighted by molar-refractivity contribution is 6.24. The molecular weight excluding hydrogens is 454 g/mol. The number of carbonyl (C=O) groups excluding carboxylic acids is 2. The zero-order valence-corrected chi connectivity index (χ0v) is 20.2. The maximum atomic E-state index is 13.7. The summed E-state index contributed by atoms with van der Waals surface area (Å²) in [5.74, 6) is -0.960. The summed E-state index contributed by atoms with van der Waals surface area (Å²) in [4.78, 5) is 28.3. The molecule has 0 aromatic heterocycles.